The van der Waals surface area contributed by atoms with Crippen LogP contribution in [0.25, 0.3) is 32.3 Å². The van der Waals surface area contributed by atoms with Crippen molar-refractivity contribution in [2.75, 3.05) is 9.80 Å². The van der Waals surface area contributed by atoms with Gasteiger partial charge in [0.15, 0.2) is 0 Å². The average molecular weight is 975 g/mol. The molecule has 0 saturated heterocycles. The minimum atomic E-state index is -0.0476. The second kappa shape index (κ2) is 16.1. The van der Waals surface area contributed by atoms with Crippen LogP contribution in [0.1, 0.15) is 162 Å². The quantitative estimate of drug-likeness (QED) is 0.162. The van der Waals surface area contributed by atoms with Crippen molar-refractivity contribution in [3.63, 3.8) is 0 Å². The van der Waals surface area contributed by atoms with E-state index in [9.17, 15) is 0 Å². The van der Waals surface area contributed by atoms with Crippen LogP contribution in [0.3, 0.4) is 0 Å². The third-order valence-electron chi connectivity index (χ3n) is 18.1. The molecule has 0 spiro atoms. The molecule has 73 heavy (non-hydrogen) atoms. The molecule has 0 bridgehead atoms. The Labute approximate surface area is 442 Å². The van der Waals surface area contributed by atoms with Gasteiger partial charge >= 0.3 is 0 Å². The van der Waals surface area contributed by atoms with E-state index < -0.39 is 0 Å². The predicted molar refractivity (Wildman–Crippen MR) is 319 cm³/mol. The molecule has 2 nitrogen and oxygen atoms in total. The van der Waals surface area contributed by atoms with E-state index in [4.69, 9.17) is 0 Å². The fraction of sp³-hybridized carbons (Fsp3) is 0.362. The highest BCUT2D eigenvalue weighted by molar-refractivity contribution is 7.33. The second-order valence-electron chi connectivity index (χ2n) is 27.2. The number of hydrogen-bond donors (Lipinski definition) is 0. The number of benzene rings is 7. The molecule has 0 amide bonds. The summed E-state index contributed by atoms with van der Waals surface area (Å²) in [5.74, 6) is 0. The molecule has 0 radical (unpaired) electrons. The van der Waals surface area contributed by atoms with Crippen LogP contribution in [0.2, 0.25) is 0 Å². The van der Waals surface area contributed by atoms with Gasteiger partial charge in [-0.05, 0) is 181 Å². The van der Waals surface area contributed by atoms with Gasteiger partial charge < -0.3 is 9.80 Å². The van der Waals surface area contributed by atoms with Crippen molar-refractivity contribution in [1.29, 1.82) is 0 Å². The summed E-state index contributed by atoms with van der Waals surface area (Å²) >= 11 is 2.06. The van der Waals surface area contributed by atoms with Gasteiger partial charge in [-0.3, -0.25) is 0 Å². The third-order valence-corrected chi connectivity index (χ3v) is 19.3. The first-order valence-corrected chi connectivity index (χ1v) is 28.1. The average Bonchev–Trinajstić information content (AvgIpc) is 3.71. The van der Waals surface area contributed by atoms with E-state index in [2.05, 4.69) is 258 Å². The Morgan fingerprint density at radius 3 is 1.47 bits per heavy atom. The molecule has 4 aliphatic rings. The SMILES string of the molecule is Cc1cc2c3c(c1)N(c1cc4c(cc1-c1ccccc1)C(C)(C)CCC4(C)C)c1c(sc4cc5c(cc14)C(C)(C)CCC5(C)C)B3c1cc(C(C)(C)C)ccc1N2c1ccc(C(C)(C)C)cc1-c1ccccc1. The Kier molecular flexibility index (Phi) is 10.6. The lowest BCUT2D eigenvalue weighted by atomic mass is 9.36. The van der Waals surface area contributed by atoms with Gasteiger partial charge in [-0.2, -0.15) is 0 Å². The van der Waals surface area contributed by atoms with Crippen molar-refractivity contribution >= 4 is 78.0 Å². The van der Waals surface area contributed by atoms with Crippen molar-refractivity contribution < 1.29 is 0 Å². The smallest absolute Gasteiger partial charge is 0.264 e. The molecule has 0 atom stereocenters. The van der Waals surface area contributed by atoms with Crippen LogP contribution in [-0.4, -0.2) is 6.71 Å². The molecule has 0 fully saturated rings. The number of hydrogen-bond acceptors (Lipinski definition) is 3. The molecular weight excluding hydrogens is 900 g/mol. The van der Waals surface area contributed by atoms with Crippen molar-refractivity contribution in [1.82, 2.24) is 0 Å². The highest BCUT2D eigenvalue weighted by Crippen LogP contribution is 2.57. The normalized spacial score (nSPS) is 17.9. The highest BCUT2D eigenvalue weighted by atomic mass is 32.1. The maximum atomic E-state index is 2.79. The summed E-state index contributed by atoms with van der Waals surface area (Å²) in [6.45, 7) is 36.4. The maximum absolute atomic E-state index is 2.79. The van der Waals surface area contributed by atoms with Gasteiger partial charge in [0.05, 0.1) is 17.1 Å². The summed E-state index contributed by atoms with van der Waals surface area (Å²) in [5, 5.41) is 1.38. The Hall–Kier alpha value is -5.84. The Bertz CT molecular complexity index is 3560. The lowest BCUT2D eigenvalue weighted by Crippen LogP contribution is -2.60. The van der Waals surface area contributed by atoms with Gasteiger partial charge in [-0.15, -0.1) is 11.3 Å². The Balaban J connectivity index is 1.25. The summed E-state index contributed by atoms with van der Waals surface area (Å²) in [4.78, 5) is 5.46. The van der Waals surface area contributed by atoms with Crippen LogP contribution in [-0.2, 0) is 32.5 Å². The first kappa shape index (κ1) is 48.1. The van der Waals surface area contributed by atoms with Crippen molar-refractivity contribution in [2.45, 2.75) is 162 Å². The predicted octanol–water partition coefficient (Wildman–Crippen LogP) is 17.9. The van der Waals surface area contributed by atoms with Gasteiger partial charge in [0.25, 0.3) is 6.71 Å². The molecule has 370 valence electrons. The van der Waals surface area contributed by atoms with E-state index in [1.54, 1.807) is 0 Å². The topological polar surface area (TPSA) is 6.48 Å². The molecule has 3 heterocycles. The molecule has 8 aromatic rings. The van der Waals surface area contributed by atoms with Gasteiger partial charge in [-0.1, -0.05) is 176 Å². The fourth-order valence-corrected chi connectivity index (χ4v) is 14.7. The molecule has 0 N–H and O–H groups in total. The second-order valence-corrected chi connectivity index (χ2v) is 28.3. The van der Waals surface area contributed by atoms with Crippen LogP contribution in [0.15, 0.2) is 133 Å². The lowest BCUT2D eigenvalue weighted by molar-refractivity contribution is 0.332. The number of anilines is 6. The Morgan fingerprint density at radius 1 is 0.452 bits per heavy atom. The summed E-state index contributed by atoms with van der Waals surface area (Å²) in [6.07, 6.45) is 4.69. The third kappa shape index (κ3) is 7.53. The van der Waals surface area contributed by atoms with Gasteiger partial charge in [0.2, 0.25) is 0 Å². The molecule has 7 aromatic carbocycles. The largest absolute Gasteiger partial charge is 0.311 e. The molecule has 0 saturated carbocycles. The van der Waals surface area contributed by atoms with Crippen LogP contribution in [0, 0.1) is 6.92 Å². The molecule has 12 rings (SSSR count). The first-order valence-electron chi connectivity index (χ1n) is 27.3. The highest BCUT2D eigenvalue weighted by Gasteiger charge is 2.48. The molecule has 2 aliphatic heterocycles. The number of aryl methyl sites for hydroxylation is 1. The van der Waals surface area contributed by atoms with Gasteiger partial charge in [-0.25, -0.2) is 0 Å². The molecule has 1 aromatic heterocycles. The van der Waals surface area contributed by atoms with E-state index >= 15 is 0 Å². The van der Waals surface area contributed by atoms with Crippen LogP contribution in [0.5, 0.6) is 0 Å². The van der Waals surface area contributed by atoms with E-state index in [0.29, 0.717) is 0 Å². The van der Waals surface area contributed by atoms with E-state index in [-0.39, 0.29) is 39.2 Å². The van der Waals surface area contributed by atoms with E-state index in [1.807, 2.05) is 0 Å². The number of thiophene rings is 1. The van der Waals surface area contributed by atoms with Crippen LogP contribution in [0.4, 0.5) is 34.1 Å². The lowest BCUT2D eigenvalue weighted by Gasteiger charge is -2.46. The monoisotopic (exact) mass is 975 g/mol. The van der Waals surface area contributed by atoms with Crippen molar-refractivity contribution in [3.05, 3.63) is 172 Å². The zero-order valence-electron chi connectivity index (χ0n) is 46.4. The van der Waals surface area contributed by atoms with Crippen molar-refractivity contribution in [2.24, 2.45) is 0 Å². The van der Waals surface area contributed by atoms with Crippen LogP contribution >= 0.6 is 11.3 Å². The van der Waals surface area contributed by atoms with Crippen LogP contribution < -0.4 is 25.5 Å². The van der Waals surface area contributed by atoms with Gasteiger partial charge in [0.1, 0.15) is 0 Å². The molecule has 2 aliphatic carbocycles. The number of rotatable bonds is 4. The molecule has 0 unspecified atom stereocenters. The number of fused-ring (bicyclic) bond motifs is 8. The summed E-state index contributed by atoms with van der Waals surface area (Å²) in [5.41, 5.74) is 25.6. The van der Waals surface area contributed by atoms with E-state index in [1.165, 1.54) is 140 Å². The summed E-state index contributed by atoms with van der Waals surface area (Å²) < 4.78 is 2.84. The molecule has 4 heteroatoms. The first-order chi connectivity index (χ1) is 34.3. The number of nitrogens with zero attached hydrogens (tertiary/aromatic N) is 2. The van der Waals surface area contributed by atoms with Crippen molar-refractivity contribution in [3.8, 4) is 22.3 Å². The molecular formula is C69H75BN2S. The van der Waals surface area contributed by atoms with E-state index in [0.717, 1.165) is 6.42 Å². The summed E-state index contributed by atoms with van der Waals surface area (Å²) in [6, 6.07) is 52.9. The fourth-order valence-electron chi connectivity index (χ4n) is 13.3. The Morgan fingerprint density at radius 2 is 0.918 bits per heavy atom. The van der Waals surface area contributed by atoms with Gasteiger partial charge in [0, 0.05) is 43.1 Å². The minimum absolute atomic E-state index is 0.0134. The standard InChI is InChI=1S/C69H75BN2S/c1-42-34-58-61-59(35-42)72(57-40-52-50(66(8,9)30-32-68(52,12)13)38-48(57)44-24-20-17-21-25-44)62-49-39-51-53(69(14,15)33-31-67(51,10)11)41-60(49)73-63(62)70(61)54-37-46(65(5,6)7)27-29-56(54)71(58)55-28-26-45(64(2,3)4)36-47(55)43-22-18-16-19-23-43/h16-29,34-41H,30-33H2,1-15H3. The minimum Gasteiger partial charge on any atom is -0.311 e. The zero-order valence-corrected chi connectivity index (χ0v) is 47.2. The zero-order chi connectivity index (χ0) is 51.5. The summed E-state index contributed by atoms with van der Waals surface area (Å²) in [7, 11) is 0. The maximum Gasteiger partial charge on any atom is 0.264 e.